The van der Waals surface area contributed by atoms with Crippen LogP contribution in [0.2, 0.25) is 0 Å². The summed E-state index contributed by atoms with van der Waals surface area (Å²) >= 11 is 0. The van der Waals surface area contributed by atoms with Crippen molar-refractivity contribution in [2.45, 2.75) is 6.18 Å². The molecule has 2 nitrogen and oxygen atoms in total. The lowest BCUT2D eigenvalue weighted by atomic mass is 10.2. The van der Waals surface area contributed by atoms with E-state index in [1.165, 1.54) is 31.4 Å². The van der Waals surface area contributed by atoms with Gasteiger partial charge in [-0.2, -0.15) is 13.2 Å². The molecule has 0 heterocycles. The normalized spacial score (nSPS) is 11.2. The highest BCUT2D eigenvalue weighted by atomic mass is 19.4. The molecule has 0 atom stereocenters. The Kier molecular flexibility index (Phi) is 3.83. The van der Waals surface area contributed by atoms with Crippen LogP contribution in [0.1, 0.15) is 5.56 Å². The lowest BCUT2D eigenvalue weighted by Gasteiger charge is -2.11. The molecule has 0 aliphatic rings. The van der Waals surface area contributed by atoms with Crippen molar-refractivity contribution in [1.82, 2.24) is 0 Å². The number of alkyl halides is 3. The molecule has 20 heavy (non-hydrogen) atoms. The lowest BCUT2D eigenvalue weighted by molar-refractivity contribution is -0.137. The van der Waals surface area contributed by atoms with Crippen molar-refractivity contribution < 1.29 is 27.0 Å². The molecule has 0 spiro atoms. The van der Waals surface area contributed by atoms with Gasteiger partial charge >= 0.3 is 6.18 Å². The number of hydrogen-bond acceptors (Lipinski definition) is 2. The molecular formula is C14H10F4O2. The first-order valence-electron chi connectivity index (χ1n) is 5.59. The first-order chi connectivity index (χ1) is 9.40. The third-order valence-electron chi connectivity index (χ3n) is 2.53. The fraction of sp³-hybridized carbons (Fsp3) is 0.143. The van der Waals surface area contributed by atoms with Gasteiger partial charge in [0.15, 0.2) is 11.6 Å². The van der Waals surface area contributed by atoms with Crippen molar-refractivity contribution in [2.24, 2.45) is 0 Å². The van der Waals surface area contributed by atoms with Crippen LogP contribution >= 0.6 is 0 Å². The Hall–Kier alpha value is -2.24. The summed E-state index contributed by atoms with van der Waals surface area (Å²) < 4.78 is 61.2. The van der Waals surface area contributed by atoms with Crippen LogP contribution in [0.5, 0.6) is 17.2 Å². The molecule has 2 aromatic rings. The van der Waals surface area contributed by atoms with Crippen LogP contribution in [0.4, 0.5) is 17.6 Å². The molecule has 0 fully saturated rings. The summed E-state index contributed by atoms with van der Waals surface area (Å²) in [6, 6.07) is 8.06. The van der Waals surface area contributed by atoms with Crippen molar-refractivity contribution in [3.8, 4) is 17.2 Å². The fourth-order valence-corrected chi connectivity index (χ4v) is 1.55. The number of hydrogen-bond donors (Lipinski definition) is 0. The Bertz CT molecular complexity index is 608. The monoisotopic (exact) mass is 286 g/mol. The van der Waals surface area contributed by atoms with Gasteiger partial charge in [-0.15, -0.1) is 0 Å². The zero-order chi connectivity index (χ0) is 14.8. The highest BCUT2D eigenvalue weighted by Gasteiger charge is 2.30. The molecule has 0 saturated carbocycles. The van der Waals surface area contributed by atoms with E-state index in [2.05, 4.69) is 0 Å². The summed E-state index contributed by atoms with van der Waals surface area (Å²) in [5.41, 5.74) is -0.857. The van der Waals surface area contributed by atoms with Crippen molar-refractivity contribution in [1.29, 1.82) is 0 Å². The van der Waals surface area contributed by atoms with Gasteiger partial charge in [-0.1, -0.05) is 6.07 Å². The summed E-state index contributed by atoms with van der Waals surface area (Å²) in [6.45, 7) is 0. The highest BCUT2D eigenvalue weighted by molar-refractivity contribution is 5.38. The van der Waals surface area contributed by atoms with E-state index in [0.29, 0.717) is 5.75 Å². The van der Waals surface area contributed by atoms with Gasteiger partial charge in [-0.3, -0.25) is 0 Å². The molecule has 0 amide bonds. The second kappa shape index (κ2) is 5.40. The number of rotatable bonds is 3. The Labute approximate surface area is 112 Å². The molecular weight excluding hydrogens is 276 g/mol. The maximum absolute atomic E-state index is 13.6. The maximum atomic E-state index is 13.6. The van der Waals surface area contributed by atoms with Crippen LogP contribution in [0, 0.1) is 5.82 Å². The van der Waals surface area contributed by atoms with E-state index >= 15 is 0 Å². The fourth-order valence-electron chi connectivity index (χ4n) is 1.55. The predicted octanol–water partition coefficient (Wildman–Crippen LogP) is 4.65. The minimum absolute atomic E-state index is 0.0936. The van der Waals surface area contributed by atoms with Gasteiger partial charge in [0.1, 0.15) is 11.5 Å². The summed E-state index contributed by atoms with van der Waals surface area (Å²) in [6.07, 6.45) is -4.47. The molecule has 6 heteroatoms. The van der Waals surface area contributed by atoms with Crippen molar-refractivity contribution in [2.75, 3.05) is 7.11 Å². The highest BCUT2D eigenvalue weighted by Crippen LogP contribution is 2.33. The third kappa shape index (κ3) is 3.20. The Balaban J connectivity index is 2.26. The van der Waals surface area contributed by atoms with Gasteiger partial charge in [-0.05, 0) is 30.3 Å². The van der Waals surface area contributed by atoms with Gasteiger partial charge in [0, 0.05) is 6.07 Å². The van der Waals surface area contributed by atoms with Crippen molar-refractivity contribution >= 4 is 0 Å². The van der Waals surface area contributed by atoms with Gasteiger partial charge in [-0.25, -0.2) is 4.39 Å². The second-order valence-electron chi connectivity index (χ2n) is 3.92. The van der Waals surface area contributed by atoms with Crippen LogP contribution in [0.15, 0.2) is 42.5 Å². The average molecular weight is 286 g/mol. The first-order valence-corrected chi connectivity index (χ1v) is 5.59. The molecule has 0 N–H and O–H groups in total. The number of ether oxygens (including phenoxy) is 2. The second-order valence-corrected chi connectivity index (χ2v) is 3.92. The van der Waals surface area contributed by atoms with Gasteiger partial charge in [0.05, 0.1) is 12.7 Å². The SMILES string of the molecule is COc1ccc(Oc2cccc(C(F)(F)F)c2)c(F)c1. The van der Waals surface area contributed by atoms with E-state index in [9.17, 15) is 17.6 Å². The van der Waals surface area contributed by atoms with Crippen molar-refractivity contribution in [3.63, 3.8) is 0 Å². The molecule has 0 radical (unpaired) electrons. The van der Waals surface area contributed by atoms with E-state index in [0.717, 1.165) is 18.2 Å². The van der Waals surface area contributed by atoms with Crippen molar-refractivity contribution in [3.05, 3.63) is 53.8 Å². The summed E-state index contributed by atoms with van der Waals surface area (Å²) in [4.78, 5) is 0. The zero-order valence-corrected chi connectivity index (χ0v) is 10.4. The average Bonchev–Trinajstić information content (AvgIpc) is 2.40. The smallest absolute Gasteiger partial charge is 0.416 e. The largest absolute Gasteiger partial charge is 0.497 e. The molecule has 0 saturated heterocycles. The Morgan fingerprint density at radius 2 is 1.70 bits per heavy atom. The Morgan fingerprint density at radius 3 is 2.30 bits per heavy atom. The van der Waals surface area contributed by atoms with E-state index < -0.39 is 17.6 Å². The number of methoxy groups -OCH3 is 1. The minimum atomic E-state index is -4.47. The maximum Gasteiger partial charge on any atom is 0.416 e. The summed E-state index contributed by atoms with van der Waals surface area (Å²) in [5, 5.41) is 0. The summed E-state index contributed by atoms with van der Waals surface area (Å²) in [7, 11) is 1.38. The van der Waals surface area contributed by atoms with Crippen LogP contribution < -0.4 is 9.47 Å². The molecule has 2 aromatic carbocycles. The van der Waals surface area contributed by atoms with E-state index in [4.69, 9.17) is 9.47 Å². The van der Waals surface area contributed by atoms with Crippen LogP contribution in [0.25, 0.3) is 0 Å². The van der Waals surface area contributed by atoms with Gasteiger partial charge in [0.25, 0.3) is 0 Å². The lowest BCUT2D eigenvalue weighted by Crippen LogP contribution is -2.04. The third-order valence-corrected chi connectivity index (χ3v) is 2.53. The molecule has 0 aromatic heterocycles. The standard InChI is InChI=1S/C14H10F4O2/c1-19-10-5-6-13(12(15)8-10)20-11-4-2-3-9(7-11)14(16,17)18/h2-8H,1H3. The quantitative estimate of drug-likeness (QED) is 0.765. The number of benzene rings is 2. The Morgan fingerprint density at radius 1 is 0.950 bits per heavy atom. The molecule has 0 bridgehead atoms. The van der Waals surface area contributed by atoms with Crippen LogP contribution in [-0.4, -0.2) is 7.11 Å². The molecule has 0 unspecified atom stereocenters. The molecule has 0 aliphatic heterocycles. The molecule has 2 rings (SSSR count). The van der Waals surface area contributed by atoms with E-state index in [1.807, 2.05) is 0 Å². The van der Waals surface area contributed by atoms with Crippen LogP contribution in [-0.2, 0) is 6.18 Å². The van der Waals surface area contributed by atoms with E-state index in [1.54, 1.807) is 0 Å². The van der Waals surface area contributed by atoms with E-state index in [-0.39, 0.29) is 11.5 Å². The summed E-state index contributed by atoms with van der Waals surface area (Å²) in [5.74, 6) is -0.699. The predicted molar refractivity (Wildman–Crippen MR) is 64.5 cm³/mol. The number of halogens is 4. The van der Waals surface area contributed by atoms with Crippen LogP contribution in [0.3, 0.4) is 0 Å². The first kappa shape index (κ1) is 14.2. The zero-order valence-electron chi connectivity index (χ0n) is 10.4. The molecule has 0 aliphatic carbocycles. The van der Waals surface area contributed by atoms with Gasteiger partial charge in [0.2, 0.25) is 0 Å². The topological polar surface area (TPSA) is 18.5 Å². The minimum Gasteiger partial charge on any atom is -0.497 e. The molecule has 106 valence electrons. The van der Waals surface area contributed by atoms with Gasteiger partial charge < -0.3 is 9.47 Å².